The molecule has 6 heteroatoms. The van der Waals surface area contributed by atoms with Gasteiger partial charge in [-0.3, -0.25) is 5.43 Å². The second-order valence-corrected chi connectivity index (χ2v) is 7.34. The maximum absolute atomic E-state index is 5.71. The van der Waals surface area contributed by atoms with Crippen molar-refractivity contribution in [2.24, 2.45) is 5.10 Å². The highest BCUT2D eigenvalue weighted by Crippen LogP contribution is 2.25. The van der Waals surface area contributed by atoms with Crippen LogP contribution in [-0.4, -0.2) is 17.3 Å². The lowest BCUT2D eigenvalue weighted by Crippen LogP contribution is -2.05. The van der Waals surface area contributed by atoms with Gasteiger partial charge < -0.3 is 4.74 Å². The fourth-order valence-corrected chi connectivity index (χ4v) is 3.21. The van der Waals surface area contributed by atoms with E-state index < -0.39 is 0 Å². The topological polar surface area (TPSA) is 46.5 Å². The smallest absolute Gasteiger partial charge is 0.203 e. The van der Waals surface area contributed by atoms with E-state index in [-0.39, 0.29) is 6.10 Å². The van der Waals surface area contributed by atoms with Gasteiger partial charge in [0.1, 0.15) is 5.75 Å². The summed E-state index contributed by atoms with van der Waals surface area (Å²) in [6.07, 6.45) is 1.89. The van der Waals surface area contributed by atoms with Crippen LogP contribution in [-0.2, 0) is 0 Å². The van der Waals surface area contributed by atoms with Gasteiger partial charge >= 0.3 is 0 Å². The van der Waals surface area contributed by atoms with Gasteiger partial charge in [-0.1, -0.05) is 46.3 Å². The molecular weight excluding hydrogens is 398 g/mol. The van der Waals surface area contributed by atoms with Crippen LogP contribution in [0.15, 0.2) is 63.5 Å². The number of aromatic nitrogens is 1. The van der Waals surface area contributed by atoms with Crippen molar-refractivity contribution in [1.29, 1.82) is 0 Å². The van der Waals surface area contributed by atoms with Gasteiger partial charge in [0.15, 0.2) is 0 Å². The Kier molecular flexibility index (Phi) is 5.83. The van der Waals surface area contributed by atoms with Gasteiger partial charge in [-0.25, -0.2) is 4.98 Å². The largest absolute Gasteiger partial charge is 0.491 e. The van der Waals surface area contributed by atoms with Gasteiger partial charge in [0, 0.05) is 21.0 Å². The van der Waals surface area contributed by atoms with Crippen LogP contribution < -0.4 is 10.2 Å². The summed E-state index contributed by atoms with van der Waals surface area (Å²) in [4.78, 5) is 4.55. The number of hydrazone groups is 1. The molecule has 0 atom stereocenters. The number of ether oxygens (including phenoxy) is 1. The highest BCUT2D eigenvalue weighted by Gasteiger charge is 2.04. The third kappa shape index (κ3) is 4.90. The number of hydrogen-bond donors (Lipinski definition) is 1. The molecule has 0 spiro atoms. The molecule has 128 valence electrons. The van der Waals surface area contributed by atoms with Crippen molar-refractivity contribution in [2.45, 2.75) is 20.0 Å². The first-order valence-corrected chi connectivity index (χ1v) is 9.55. The third-order valence-corrected chi connectivity index (χ3v) is 4.75. The van der Waals surface area contributed by atoms with E-state index in [0.29, 0.717) is 0 Å². The van der Waals surface area contributed by atoms with Crippen molar-refractivity contribution in [3.8, 4) is 17.0 Å². The lowest BCUT2D eigenvalue weighted by Gasteiger charge is -2.10. The van der Waals surface area contributed by atoms with Crippen molar-refractivity contribution in [2.75, 3.05) is 5.43 Å². The second kappa shape index (κ2) is 8.27. The summed E-state index contributed by atoms with van der Waals surface area (Å²) in [7, 11) is 0. The number of halogens is 1. The van der Waals surface area contributed by atoms with Crippen LogP contribution in [0.3, 0.4) is 0 Å². The minimum Gasteiger partial charge on any atom is -0.491 e. The molecule has 3 rings (SSSR count). The first kappa shape index (κ1) is 17.6. The van der Waals surface area contributed by atoms with Crippen molar-refractivity contribution < 1.29 is 4.74 Å². The van der Waals surface area contributed by atoms with Crippen LogP contribution in [0.1, 0.15) is 19.4 Å². The maximum atomic E-state index is 5.71. The van der Waals surface area contributed by atoms with Crippen molar-refractivity contribution in [3.05, 3.63) is 63.9 Å². The highest BCUT2D eigenvalue weighted by atomic mass is 79.9. The van der Waals surface area contributed by atoms with E-state index >= 15 is 0 Å². The average molecular weight is 416 g/mol. The average Bonchev–Trinajstić information content (AvgIpc) is 3.07. The molecule has 0 saturated heterocycles. The molecule has 25 heavy (non-hydrogen) atoms. The lowest BCUT2D eigenvalue weighted by atomic mass is 10.2. The summed E-state index contributed by atoms with van der Waals surface area (Å²) < 4.78 is 6.67. The summed E-state index contributed by atoms with van der Waals surface area (Å²) in [6.45, 7) is 4.01. The van der Waals surface area contributed by atoms with Crippen LogP contribution in [0.4, 0.5) is 5.13 Å². The fourth-order valence-electron chi connectivity index (χ4n) is 2.19. The Labute approximate surface area is 159 Å². The van der Waals surface area contributed by atoms with Crippen LogP contribution >= 0.6 is 27.3 Å². The van der Waals surface area contributed by atoms with E-state index in [4.69, 9.17) is 4.74 Å². The van der Waals surface area contributed by atoms with Crippen LogP contribution in [0.2, 0.25) is 0 Å². The second-order valence-electron chi connectivity index (χ2n) is 5.62. The predicted molar refractivity (Wildman–Crippen MR) is 109 cm³/mol. The summed E-state index contributed by atoms with van der Waals surface area (Å²) in [5, 5.41) is 7.05. The highest BCUT2D eigenvalue weighted by molar-refractivity contribution is 9.10. The fraction of sp³-hybridized carbons (Fsp3) is 0.158. The number of anilines is 1. The number of hydrogen-bond acceptors (Lipinski definition) is 5. The van der Waals surface area contributed by atoms with Crippen LogP contribution in [0, 0.1) is 0 Å². The zero-order valence-electron chi connectivity index (χ0n) is 13.9. The molecule has 2 aromatic carbocycles. The number of rotatable bonds is 6. The maximum Gasteiger partial charge on any atom is 0.203 e. The number of nitrogens with zero attached hydrogens (tertiary/aromatic N) is 2. The molecule has 0 fully saturated rings. The molecule has 3 aromatic rings. The van der Waals surface area contributed by atoms with E-state index in [1.54, 1.807) is 6.21 Å². The first-order chi connectivity index (χ1) is 12.1. The van der Waals surface area contributed by atoms with E-state index in [9.17, 15) is 0 Å². The van der Waals surface area contributed by atoms with Crippen LogP contribution in [0.5, 0.6) is 5.75 Å². The molecule has 0 radical (unpaired) electrons. The predicted octanol–water partition coefficient (Wildman–Crippen LogP) is 5.81. The zero-order chi connectivity index (χ0) is 17.6. The third-order valence-electron chi connectivity index (χ3n) is 3.28. The lowest BCUT2D eigenvalue weighted by molar-refractivity contribution is 0.242. The van der Waals surface area contributed by atoms with E-state index in [1.807, 2.05) is 67.8 Å². The molecule has 0 saturated carbocycles. The summed E-state index contributed by atoms with van der Waals surface area (Å²) in [5.41, 5.74) is 5.96. The van der Waals surface area contributed by atoms with Crippen LogP contribution in [0.25, 0.3) is 11.3 Å². The van der Waals surface area contributed by atoms with Gasteiger partial charge in [0.2, 0.25) is 5.13 Å². The molecule has 0 aliphatic heterocycles. The molecule has 4 nitrogen and oxygen atoms in total. The molecular formula is C19H18BrN3OS. The Bertz CT molecular complexity index is 862. The Morgan fingerprint density at radius 2 is 2.00 bits per heavy atom. The summed E-state index contributed by atoms with van der Waals surface area (Å²) in [6, 6.07) is 15.9. The van der Waals surface area contributed by atoms with E-state index in [0.717, 1.165) is 32.2 Å². The summed E-state index contributed by atoms with van der Waals surface area (Å²) >= 11 is 5.05. The molecule has 1 aromatic heterocycles. The number of thiazole rings is 1. The molecule has 1 N–H and O–H groups in total. The first-order valence-electron chi connectivity index (χ1n) is 7.88. The minimum absolute atomic E-state index is 0.135. The number of nitrogens with one attached hydrogen (secondary N) is 1. The van der Waals surface area contributed by atoms with Gasteiger partial charge in [-0.15, -0.1) is 11.3 Å². The normalized spacial score (nSPS) is 11.2. The SMILES string of the molecule is CC(C)Oc1ccc(Br)c(C=NNc2nc(-c3ccccc3)cs2)c1. The van der Waals surface area contributed by atoms with Gasteiger partial charge in [-0.2, -0.15) is 5.10 Å². The van der Waals surface area contributed by atoms with Crippen molar-refractivity contribution in [3.63, 3.8) is 0 Å². The zero-order valence-corrected chi connectivity index (χ0v) is 16.3. The van der Waals surface area contributed by atoms with Crippen molar-refractivity contribution >= 4 is 38.6 Å². The van der Waals surface area contributed by atoms with E-state index in [1.165, 1.54) is 11.3 Å². The molecule has 0 aliphatic carbocycles. The van der Waals surface area contributed by atoms with Gasteiger partial charge in [0.25, 0.3) is 0 Å². The Morgan fingerprint density at radius 3 is 2.76 bits per heavy atom. The summed E-state index contributed by atoms with van der Waals surface area (Å²) in [5.74, 6) is 0.820. The molecule has 0 bridgehead atoms. The van der Waals surface area contributed by atoms with Gasteiger partial charge in [0.05, 0.1) is 18.0 Å². The molecule has 0 amide bonds. The number of benzene rings is 2. The Hall–Kier alpha value is -2.18. The Balaban J connectivity index is 1.68. The molecule has 1 heterocycles. The van der Waals surface area contributed by atoms with Crippen molar-refractivity contribution in [1.82, 2.24) is 4.98 Å². The quantitative estimate of drug-likeness (QED) is 0.408. The minimum atomic E-state index is 0.135. The molecule has 0 unspecified atom stereocenters. The Morgan fingerprint density at radius 1 is 1.20 bits per heavy atom. The monoisotopic (exact) mass is 415 g/mol. The van der Waals surface area contributed by atoms with Gasteiger partial charge in [-0.05, 0) is 32.0 Å². The standard InChI is InChI=1S/C19H18BrN3OS/c1-13(2)24-16-8-9-17(20)15(10-16)11-21-23-19-22-18(12-25-19)14-6-4-3-5-7-14/h3-13H,1-2H3,(H,22,23). The van der Waals surface area contributed by atoms with E-state index in [2.05, 4.69) is 31.4 Å². The molecule has 0 aliphatic rings.